The van der Waals surface area contributed by atoms with Crippen molar-refractivity contribution in [1.29, 1.82) is 0 Å². The SMILES string of the molecule is CCn1ccn(CC(O)c2cccc(OC)c2)c1=O. The number of aliphatic hydroxyl groups is 1. The predicted octanol–water partition coefficient (Wildman–Crippen LogP) is 1.41. The van der Waals surface area contributed by atoms with Gasteiger partial charge in [0.1, 0.15) is 5.75 Å². The first-order valence-electron chi connectivity index (χ1n) is 6.23. The molecule has 1 atom stereocenters. The predicted molar refractivity (Wildman–Crippen MR) is 72.3 cm³/mol. The number of imidazole rings is 1. The number of aryl methyl sites for hydroxylation is 1. The van der Waals surface area contributed by atoms with Gasteiger partial charge < -0.3 is 9.84 Å². The molecule has 0 radical (unpaired) electrons. The van der Waals surface area contributed by atoms with Crippen LogP contribution in [0.2, 0.25) is 0 Å². The minimum Gasteiger partial charge on any atom is -0.497 e. The van der Waals surface area contributed by atoms with E-state index in [1.807, 2.05) is 25.1 Å². The molecule has 1 aromatic heterocycles. The van der Waals surface area contributed by atoms with E-state index < -0.39 is 6.10 Å². The van der Waals surface area contributed by atoms with E-state index in [-0.39, 0.29) is 12.2 Å². The monoisotopic (exact) mass is 262 g/mol. The lowest BCUT2D eigenvalue weighted by molar-refractivity contribution is 0.154. The summed E-state index contributed by atoms with van der Waals surface area (Å²) in [6, 6.07) is 7.22. The Hall–Kier alpha value is -2.01. The van der Waals surface area contributed by atoms with E-state index in [0.717, 1.165) is 5.56 Å². The largest absolute Gasteiger partial charge is 0.497 e. The second kappa shape index (κ2) is 5.75. The maximum Gasteiger partial charge on any atom is 0.328 e. The normalized spacial score (nSPS) is 12.4. The van der Waals surface area contributed by atoms with Crippen molar-refractivity contribution in [2.75, 3.05) is 7.11 Å². The summed E-state index contributed by atoms with van der Waals surface area (Å²) in [6.45, 7) is 2.77. The van der Waals surface area contributed by atoms with E-state index in [0.29, 0.717) is 12.3 Å². The number of aliphatic hydroxyl groups excluding tert-OH is 1. The lowest BCUT2D eigenvalue weighted by Crippen LogP contribution is -2.25. The second-order valence-corrected chi connectivity index (χ2v) is 4.31. The van der Waals surface area contributed by atoms with Gasteiger partial charge in [0.2, 0.25) is 0 Å². The van der Waals surface area contributed by atoms with Crippen molar-refractivity contribution in [1.82, 2.24) is 9.13 Å². The highest BCUT2D eigenvalue weighted by Gasteiger charge is 2.11. The summed E-state index contributed by atoms with van der Waals surface area (Å²) in [5.41, 5.74) is 0.625. The zero-order chi connectivity index (χ0) is 13.8. The first-order chi connectivity index (χ1) is 9.15. The number of ether oxygens (including phenoxy) is 1. The molecule has 0 spiro atoms. The van der Waals surface area contributed by atoms with Gasteiger partial charge in [-0.1, -0.05) is 12.1 Å². The van der Waals surface area contributed by atoms with Crippen LogP contribution in [0.25, 0.3) is 0 Å². The molecule has 0 bridgehead atoms. The first kappa shape index (κ1) is 13.4. The maximum absolute atomic E-state index is 11.9. The summed E-state index contributed by atoms with van der Waals surface area (Å²) in [7, 11) is 1.58. The average molecular weight is 262 g/mol. The van der Waals surface area contributed by atoms with E-state index in [9.17, 15) is 9.90 Å². The van der Waals surface area contributed by atoms with Gasteiger partial charge in [-0.2, -0.15) is 0 Å². The van der Waals surface area contributed by atoms with Gasteiger partial charge in [0.05, 0.1) is 19.8 Å². The molecule has 2 rings (SSSR count). The van der Waals surface area contributed by atoms with E-state index in [2.05, 4.69) is 0 Å². The quantitative estimate of drug-likeness (QED) is 0.886. The maximum atomic E-state index is 11.9. The minimum absolute atomic E-state index is 0.107. The number of methoxy groups -OCH3 is 1. The molecule has 0 amide bonds. The van der Waals surface area contributed by atoms with Crippen molar-refractivity contribution in [3.63, 3.8) is 0 Å². The Morgan fingerprint density at radius 1 is 1.32 bits per heavy atom. The van der Waals surface area contributed by atoms with Crippen molar-refractivity contribution >= 4 is 0 Å². The van der Waals surface area contributed by atoms with Crippen LogP contribution in [0.3, 0.4) is 0 Å². The van der Waals surface area contributed by atoms with Gasteiger partial charge in [-0.25, -0.2) is 4.79 Å². The van der Waals surface area contributed by atoms with Crippen molar-refractivity contribution in [3.05, 3.63) is 52.7 Å². The van der Waals surface area contributed by atoms with Crippen molar-refractivity contribution in [3.8, 4) is 5.75 Å². The van der Waals surface area contributed by atoms with Gasteiger partial charge in [-0.15, -0.1) is 0 Å². The van der Waals surface area contributed by atoms with Gasteiger partial charge in [-0.05, 0) is 24.6 Å². The molecular weight excluding hydrogens is 244 g/mol. The Morgan fingerprint density at radius 3 is 2.68 bits per heavy atom. The van der Waals surface area contributed by atoms with Gasteiger partial charge in [0.15, 0.2) is 0 Å². The third kappa shape index (κ3) is 2.88. The topological polar surface area (TPSA) is 56.4 Å². The molecule has 0 aliphatic carbocycles. The number of hydrogen-bond acceptors (Lipinski definition) is 3. The van der Waals surface area contributed by atoms with Crippen molar-refractivity contribution in [2.45, 2.75) is 26.1 Å². The molecular formula is C14H18N2O3. The highest BCUT2D eigenvalue weighted by molar-refractivity contribution is 5.29. The summed E-state index contributed by atoms with van der Waals surface area (Å²) >= 11 is 0. The van der Waals surface area contributed by atoms with E-state index in [4.69, 9.17) is 4.74 Å². The zero-order valence-electron chi connectivity index (χ0n) is 11.1. The zero-order valence-corrected chi connectivity index (χ0v) is 11.1. The molecule has 0 saturated heterocycles. The molecule has 2 aromatic rings. The number of nitrogens with zero attached hydrogens (tertiary/aromatic N) is 2. The van der Waals surface area contributed by atoms with Gasteiger partial charge in [0, 0.05) is 18.9 Å². The summed E-state index contributed by atoms with van der Waals surface area (Å²) in [6.07, 6.45) is 2.68. The summed E-state index contributed by atoms with van der Waals surface area (Å²) in [5, 5.41) is 10.2. The van der Waals surface area contributed by atoms with Crippen LogP contribution in [-0.4, -0.2) is 21.4 Å². The Labute approximate surface area is 111 Å². The number of hydrogen-bond donors (Lipinski definition) is 1. The fraction of sp³-hybridized carbons (Fsp3) is 0.357. The third-order valence-corrected chi connectivity index (χ3v) is 3.11. The highest BCUT2D eigenvalue weighted by atomic mass is 16.5. The Balaban J connectivity index is 2.18. The van der Waals surface area contributed by atoms with Crippen molar-refractivity contribution in [2.24, 2.45) is 0 Å². The summed E-state index contributed by atoms with van der Waals surface area (Å²) < 4.78 is 8.22. The second-order valence-electron chi connectivity index (χ2n) is 4.31. The minimum atomic E-state index is -0.736. The molecule has 0 aliphatic rings. The van der Waals surface area contributed by atoms with E-state index in [1.54, 1.807) is 30.1 Å². The molecule has 1 heterocycles. The Kier molecular flexibility index (Phi) is 4.06. The molecule has 1 aromatic carbocycles. The Bertz CT molecular complexity index is 601. The van der Waals surface area contributed by atoms with Crippen LogP contribution in [-0.2, 0) is 13.1 Å². The lowest BCUT2D eigenvalue weighted by atomic mass is 10.1. The number of rotatable bonds is 5. The molecule has 0 aliphatic heterocycles. The molecule has 1 N–H and O–H groups in total. The van der Waals surface area contributed by atoms with Crippen LogP contribution < -0.4 is 10.4 Å². The fourth-order valence-corrected chi connectivity index (χ4v) is 1.97. The van der Waals surface area contributed by atoms with Gasteiger partial charge in [0.25, 0.3) is 0 Å². The molecule has 0 fully saturated rings. The first-order valence-corrected chi connectivity index (χ1v) is 6.23. The highest BCUT2D eigenvalue weighted by Crippen LogP contribution is 2.19. The lowest BCUT2D eigenvalue weighted by Gasteiger charge is -2.12. The summed E-state index contributed by atoms with van der Waals surface area (Å²) in [5.74, 6) is 0.690. The smallest absolute Gasteiger partial charge is 0.328 e. The molecule has 0 saturated carbocycles. The number of aromatic nitrogens is 2. The van der Waals surface area contributed by atoms with Crippen LogP contribution in [0.1, 0.15) is 18.6 Å². The summed E-state index contributed by atoms with van der Waals surface area (Å²) in [4.78, 5) is 11.9. The van der Waals surface area contributed by atoms with Gasteiger partial charge in [-0.3, -0.25) is 9.13 Å². The van der Waals surface area contributed by atoms with Crippen LogP contribution in [0.4, 0.5) is 0 Å². The Morgan fingerprint density at radius 2 is 2.05 bits per heavy atom. The number of benzene rings is 1. The van der Waals surface area contributed by atoms with E-state index in [1.165, 1.54) is 4.57 Å². The molecule has 1 unspecified atom stereocenters. The third-order valence-electron chi connectivity index (χ3n) is 3.11. The van der Waals surface area contributed by atoms with Crippen LogP contribution >= 0.6 is 0 Å². The molecule has 19 heavy (non-hydrogen) atoms. The molecule has 5 heteroatoms. The standard InChI is InChI=1S/C14H18N2O3/c1-3-15-7-8-16(14(15)18)10-13(17)11-5-4-6-12(9-11)19-2/h4-9,13,17H,3,10H2,1-2H3. The van der Waals surface area contributed by atoms with Gasteiger partial charge >= 0.3 is 5.69 Å². The van der Waals surface area contributed by atoms with Crippen LogP contribution in [0.15, 0.2) is 41.5 Å². The van der Waals surface area contributed by atoms with Crippen molar-refractivity contribution < 1.29 is 9.84 Å². The van der Waals surface area contributed by atoms with E-state index >= 15 is 0 Å². The molecule has 102 valence electrons. The molecule has 5 nitrogen and oxygen atoms in total. The fourth-order valence-electron chi connectivity index (χ4n) is 1.97. The average Bonchev–Trinajstić information content (AvgIpc) is 2.79. The van der Waals surface area contributed by atoms with Crippen LogP contribution in [0.5, 0.6) is 5.75 Å². The van der Waals surface area contributed by atoms with Crippen LogP contribution in [0, 0.1) is 0 Å².